The number of halogens is 1. The molecule has 1 aliphatic rings. The standard InChI is InChI=1S/C13H20ClN3O/c1-3-17(7-4-8-18)13-9(2)11(14)15-12(16-13)10-5-6-10/h10,18H,3-8H2,1-2H3. The molecule has 4 nitrogen and oxygen atoms in total. The van der Waals surface area contributed by atoms with Crippen LogP contribution in [0.4, 0.5) is 5.82 Å². The number of aliphatic hydroxyl groups excluding tert-OH is 1. The molecular weight excluding hydrogens is 250 g/mol. The van der Waals surface area contributed by atoms with Crippen LogP contribution >= 0.6 is 11.6 Å². The first-order valence-electron chi connectivity index (χ1n) is 6.57. The molecule has 0 bridgehead atoms. The Bertz CT molecular complexity index is 421. The average molecular weight is 270 g/mol. The fourth-order valence-electron chi connectivity index (χ4n) is 2.00. The number of rotatable bonds is 6. The maximum absolute atomic E-state index is 8.95. The zero-order chi connectivity index (χ0) is 13.1. The molecule has 0 spiro atoms. The summed E-state index contributed by atoms with van der Waals surface area (Å²) in [5.74, 6) is 2.30. The van der Waals surface area contributed by atoms with Crippen molar-refractivity contribution in [2.24, 2.45) is 0 Å². The van der Waals surface area contributed by atoms with Crippen LogP contribution in [0.5, 0.6) is 0 Å². The molecule has 1 saturated carbocycles. The van der Waals surface area contributed by atoms with Crippen molar-refractivity contribution in [3.8, 4) is 0 Å². The van der Waals surface area contributed by atoms with E-state index >= 15 is 0 Å². The van der Waals surface area contributed by atoms with Gasteiger partial charge in [-0.25, -0.2) is 9.97 Å². The van der Waals surface area contributed by atoms with Gasteiger partial charge in [-0.2, -0.15) is 0 Å². The Hall–Kier alpha value is -0.870. The van der Waals surface area contributed by atoms with Crippen LogP contribution in [-0.4, -0.2) is 34.8 Å². The molecule has 2 rings (SSSR count). The molecule has 0 unspecified atom stereocenters. The highest BCUT2D eigenvalue weighted by Gasteiger charge is 2.28. The van der Waals surface area contributed by atoms with Gasteiger partial charge in [0.15, 0.2) is 0 Å². The van der Waals surface area contributed by atoms with Crippen molar-refractivity contribution in [1.82, 2.24) is 9.97 Å². The molecule has 1 aliphatic carbocycles. The Morgan fingerprint density at radius 3 is 2.67 bits per heavy atom. The summed E-state index contributed by atoms with van der Waals surface area (Å²) in [6.45, 7) is 5.90. The van der Waals surface area contributed by atoms with Crippen molar-refractivity contribution < 1.29 is 5.11 Å². The zero-order valence-corrected chi connectivity index (χ0v) is 11.7. The minimum Gasteiger partial charge on any atom is -0.396 e. The molecule has 100 valence electrons. The number of hydrogen-bond donors (Lipinski definition) is 1. The van der Waals surface area contributed by atoms with E-state index in [1.165, 1.54) is 12.8 Å². The van der Waals surface area contributed by atoms with E-state index in [0.717, 1.165) is 36.7 Å². The highest BCUT2D eigenvalue weighted by atomic mass is 35.5. The van der Waals surface area contributed by atoms with Crippen LogP contribution in [-0.2, 0) is 0 Å². The number of hydrogen-bond acceptors (Lipinski definition) is 4. The van der Waals surface area contributed by atoms with Crippen molar-refractivity contribution in [1.29, 1.82) is 0 Å². The van der Waals surface area contributed by atoms with E-state index in [4.69, 9.17) is 16.7 Å². The maximum atomic E-state index is 8.95. The summed E-state index contributed by atoms with van der Waals surface area (Å²) in [4.78, 5) is 11.2. The van der Waals surface area contributed by atoms with Gasteiger partial charge in [0, 0.05) is 31.2 Å². The fourth-order valence-corrected chi connectivity index (χ4v) is 2.17. The Labute approximate surface area is 113 Å². The van der Waals surface area contributed by atoms with Gasteiger partial charge < -0.3 is 10.0 Å². The van der Waals surface area contributed by atoms with E-state index in [9.17, 15) is 0 Å². The van der Waals surface area contributed by atoms with Gasteiger partial charge in [0.1, 0.15) is 16.8 Å². The van der Waals surface area contributed by atoms with Crippen LogP contribution in [0.15, 0.2) is 0 Å². The lowest BCUT2D eigenvalue weighted by atomic mass is 10.2. The molecule has 0 amide bonds. The smallest absolute Gasteiger partial charge is 0.137 e. The lowest BCUT2D eigenvalue weighted by molar-refractivity contribution is 0.289. The molecule has 1 N–H and O–H groups in total. The maximum Gasteiger partial charge on any atom is 0.137 e. The first-order valence-corrected chi connectivity index (χ1v) is 6.95. The summed E-state index contributed by atoms with van der Waals surface area (Å²) in [6.07, 6.45) is 3.08. The zero-order valence-electron chi connectivity index (χ0n) is 11.0. The third-order valence-corrected chi connectivity index (χ3v) is 3.66. The topological polar surface area (TPSA) is 49.2 Å². The lowest BCUT2D eigenvalue weighted by Crippen LogP contribution is -2.27. The molecule has 1 heterocycles. The van der Waals surface area contributed by atoms with Crippen LogP contribution in [0.1, 0.15) is 43.5 Å². The van der Waals surface area contributed by atoms with Crippen molar-refractivity contribution in [3.63, 3.8) is 0 Å². The highest BCUT2D eigenvalue weighted by Crippen LogP contribution is 2.39. The van der Waals surface area contributed by atoms with E-state index in [-0.39, 0.29) is 6.61 Å². The van der Waals surface area contributed by atoms with Crippen molar-refractivity contribution in [3.05, 3.63) is 16.5 Å². The van der Waals surface area contributed by atoms with Gasteiger partial charge in [-0.05, 0) is 33.1 Å². The second kappa shape index (κ2) is 5.85. The van der Waals surface area contributed by atoms with Gasteiger partial charge >= 0.3 is 0 Å². The Morgan fingerprint density at radius 1 is 1.39 bits per heavy atom. The summed E-state index contributed by atoms with van der Waals surface area (Å²) < 4.78 is 0. The van der Waals surface area contributed by atoms with Gasteiger partial charge in [-0.15, -0.1) is 0 Å². The van der Waals surface area contributed by atoms with E-state index in [2.05, 4.69) is 21.8 Å². The van der Waals surface area contributed by atoms with Crippen LogP contribution in [0, 0.1) is 6.92 Å². The van der Waals surface area contributed by atoms with Crippen LogP contribution in [0.3, 0.4) is 0 Å². The largest absolute Gasteiger partial charge is 0.396 e. The average Bonchev–Trinajstić information content (AvgIpc) is 3.19. The second-order valence-electron chi connectivity index (χ2n) is 4.75. The molecule has 5 heteroatoms. The normalized spacial score (nSPS) is 14.9. The summed E-state index contributed by atoms with van der Waals surface area (Å²) >= 11 is 6.20. The number of nitrogens with zero attached hydrogens (tertiary/aromatic N) is 3. The first-order chi connectivity index (χ1) is 8.67. The quantitative estimate of drug-likeness (QED) is 0.807. The first kappa shape index (κ1) is 13.6. The summed E-state index contributed by atoms with van der Waals surface area (Å²) in [7, 11) is 0. The van der Waals surface area contributed by atoms with Crippen molar-refractivity contribution >= 4 is 17.4 Å². The third-order valence-electron chi connectivity index (χ3n) is 3.29. The minimum atomic E-state index is 0.198. The molecule has 1 aromatic rings. The van der Waals surface area contributed by atoms with Gasteiger partial charge in [0.05, 0.1) is 0 Å². The van der Waals surface area contributed by atoms with Gasteiger partial charge in [-0.3, -0.25) is 0 Å². The van der Waals surface area contributed by atoms with E-state index in [1.54, 1.807) is 0 Å². The molecule has 0 atom stereocenters. The van der Waals surface area contributed by atoms with Crippen LogP contribution < -0.4 is 4.90 Å². The number of aromatic nitrogens is 2. The Kier molecular flexibility index (Phi) is 4.40. The van der Waals surface area contributed by atoms with E-state index < -0.39 is 0 Å². The van der Waals surface area contributed by atoms with Gasteiger partial charge in [0.25, 0.3) is 0 Å². The Balaban J connectivity index is 2.28. The molecular formula is C13H20ClN3O. The molecule has 18 heavy (non-hydrogen) atoms. The molecule has 1 fully saturated rings. The molecule has 0 aromatic carbocycles. The fraction of sp³-hybridized carbons (Fsp3) is 0.692. The van der Waals surface area contributed by atoms with Gasteiger partial charge in [0.2, 0.25) is 0 Å². The van der Waals surface area contributed by atoms with E-state index in [0.29, 0.717) is 11.1 Å². The lowest BCUT2D eigenvalue weighted by Gasteiger charge is -2.24. The van der Waals surface area contributed by atoms with Crippen LogP contribution in [0.2, 0.25) is 5.15 Å². The molecule has 1 aromatic heterocycles. The monoisotopic (exact) mass is 269 g/mol. The van der Waals surface area contributed by atoms with Crippen molar-refractivity contribution in [2.45, 2.75) is 39.0 Å². The van der Waals surface area contributed by atoms with Crippen molar-refractivity contribution in [2.75, 3.05) is 24.6 Å². The van der Waals surface area contributed by atoms with Gasteiger partial charge in [-0.1, -0.05) is 11.6 Å². The Morgan fingerprint density at radius 2 is 2.11 bits per heavy atom. The van der Waals surface area contributed by atoms with Crippen LogP contribution in [0.25, 0.3) is 0 Å². The summed E-state index contributed by atoms with van der Waals surface area (Å²) in [5, 5.41) is 9.51. The number of aliphatic hydroxyl groups is 1. The highest BCUT2D eigenvalue weighted by molar-refractivity contribution is 6.30. The minimum absolute atomic E-state index is 0.198. The summed E-state index contributed by atoms with van der Waals surface area (Å²) in [5.41, 5.74) is 0.931. The second-order valence-corrected chi connectivity index (χ2v) is 5.11. The molecule has 0 radical (unpaired) electrons. The third kappa shape index (κ3) is 2.93. The van der Waals surface area contributed by atoms with E-state index in [1.807, 2.05) is 6.92 Å². The predicted octanol–water partition coefficient (Wildman–Crippen LogP) is 2.52. The SMILES string of the molecule is CCN(CCCO)c1nc(C2CC2)nc(Cl)c1C. The molecule has 0 saturated heterocycles. The predicted molar refractivity (Wildman–Crippen MR) is 73.3 cm³/mol. The number of anilines is 1. The summed E-state index contributed by atoms with van der Waals surface area (Å²) in [6, 6.07) is 0. The molecule has 0 aliphatic heterocycles.